The van der Waals surface area contributed by atoms with Gasteiger partial charge in [0.15, 0.2) is 0 Å². The van der Waals surface area contributed by atoms with Crippen LogP contribution in [0.25, 0.3) is 0 Å². The summed E-state index contributed by atoms with van der Waals surface area (Å²) in [7, 11) is 1.60. The van der Waals surface area contributed by atoms with Crippen LogP contribution in [0.1, 0.15) is 0 Å². The molecule has 0 saturated heterocycles. The fourth-order valence-corrected chi connectivity index (χ4v) is 3.98. The van der Waals surface area contributed by atoms with Gasteiger partial charge in [0.1, 0.15) is 0 Å². The summed E-state index contributed by atoms with van der Waals surface area (Å²) in [5, 5.41) is 0. The number of methoxy groups -OCH3 is 1. The predicted octanol–water partition coefficient (Wildman–Crippen LogP) is 1.61. The summed E-state index contributed by atoms with van der Waals surface area (Å²) >= 11 is -1.94. The van der Waals surface area contributed by atoms with E-state index in [0.717, 1.165) is 0 Å². The Labute approximate surface area is 89.3 Å². The number of aromatic nitrogens is 1. The average Bonchev–Trinajstić information content (AvgIpc) is 2.14. The van der Waals surface area contributed by atoms with Gasteiger partial charge in [-0.3, -0.25) is 0 Å². The van der Waals surface area contributed by atoms with Gasteiger partial charge in [0.05, 0.1) is 0 Å². The van der Waals surface area contributed by atoms with Crippen LogP contribution in [0.3, 0.4) is 0 Å². The van der Waals surface area contributed by atoms with Crippen LogP contribution in [0.2, 0.25) is 14.8 Å². The molecule has 0 aliphatic rings. The van der Waals surface area contributed by atoms with Gasteiger partial charge in [-0.15, -0.1) is 0 Å². The van der Waals surface area contributed by atoms with Crippen LogP contribution in [0, 0.1) is 0 Å². The molecule has 0 bridgehead atoms. The van der Waals surface area contributed by atoms with Crippen LogP contribution in [-0.4, -0.2) is 37.3 Å². The first kappa shape index (κ1) is 11.8. The number of hydrogen-bond acceptors (Lipinski definition) is 3. The minimum absolute atomic E-state index is 0.255. The monoisotopic (exact) mass is 303 g/mol. The first-order chi connectivity index (χ1) is 6.54. The summed E-state index contributed by atoms with van der Waals surface area (Å²) in [5.41, 5.74) is 0. The number of hydrogen-bond donors (Lipinski definition) is 0. The summed E-state index contributed by atoms with van der Waals surface area (Å²) < 4.78 is 11.4. The van der Waals surface area contributed by atoms with Crippen LogP contribution in [0.4, 0.5) is 0 Å². The van der Waals surface area contributed by atoms with E-state index in [2.05, 4.69) is 25.9 Å². The average molecular weight is 302 g/mol. The fraction of sp³-hybridized carbons (Fsp3) is 0.500. The first-order valence-electron chi connectivity index (χ1n) is 4.62. The third kappa shape index (κ3) is 3.46. The maximum absolute atomic E-state index is 5.21. The van der Waals surface area contributed by atoms with E-state index in [1.165, 1.54) is 3.58 Å². The molecule has 1 rings (SSSR count). The number of nitrogens with zero attached hydrogens (tertiary/aromatic N) is 1. The van der Waals surface area contributed by atoms with Gasteiger partial charge in [-0.2, -0.15) is 0 Å². The van der Waals surface area contributed by atoms with Gasteiger partial charge < -0.3 is 0 Å². The van der Waals surface area contributed by atoms with Gasteiger partial charge in [0, 0.05) is 0 Å². The normalized spacial score (nSPS) is 11.4. The molecule has 4 heteroatoms. The van der Waals surface area contributed by atoms with Crippen molar-refractivity contribution in [1.82, 2.24) is 4.98 Å². The van der Waals surface area contributed by atoms with E-state index in [-0.39, 0.29) is 6.79 Å². The second-order valence-electron chi connectivity index (χ2n) is 4.19. The molecular formula is C10H17NO2Sn. The SMILES string of the molecule is COCOc1cc[c]([Sn]([CH3])([CH3])[CH3])cn1. The van der Waals surface area contributed by atoms with Gasteiger partial charge in [0.25, 0.3) is 0 Å². The molecule has 0 N–H and O–H groups in total. The molecule has 3 nitrogen and oxygen atoms in total. The Morgan fingerprint density at radius 3 is 2.43 bits per heavy atom. The number of rotatable bonds is 4. The molecule has 78 valence electrons. The van der Waals surface area contributed by atoms with Crippen molar-refractivity contribution in [1.29, 1.82) is 0 Å². The summed E-state index contributed by atoms with van der Waals surface area (Å²) in [4.78, 5) is 11.3. The molecule has 0 aliphatic heterocycles. The molecule has 0 aromatic carbocycles. The Kier molecular flexibility index (Phi) is 4.19. The number of ether oxygens (including phenoxy) is 2. The zero-order valence-corrected chi connectivity index (χ0v) is 12.1. The Hall–Kier alpha value is -0.291. The van der Waals surface area contributed by atoms with Crippen LogP contribution >= 0.6 is 0 Å². The molecular weight excluding hydrogens is 285 g/mol. The molecule has 0 aliphatic carbocycles. The van der Waals surface area contributed by atoms with Crippen LogP contribution < -0.4 is 8.32 Å². The summed E-state index contributed by atoms with van der Waals surface area (Å²) in [6.45, 7) is 0.255. The van der Waals surface area contributed by atoms with Crippen molar-refractivity contribution in [2.24, 2.45) is 0 Å². The second kappa shape index (κ2) is 4.98. The first-order valence-corrected chi connectivity index (χ1v) is 14.6. The van der Waals surface area contributed by atoms with Crippen molar-refractivity contribution in [3.05, 3.63) is 18.3 Å². The van der Waals surface area contributed by atoms with Gasteiger partial charge in [0.2, 0.25) is 0 Å². The molecule has 0 atom stereocenters. The second-order valence-corrected chi connectivity index (χ2v) is 18.7. The quantitative estimate of drug-likeness (QED) is 0.625. The molecule has 0 unspecified atom stereocenters. The third-order valence-corrected chi connectivity index (χ3v) is 7.71. The zero-order valence-electron chi connectivity index (χ0n) is 9.20. The minimum atomic E-state index is -1.94. The number of pyridine rings is 1. The Morgan fingerprint density at radius 2 is 2.00 bits per heavy atom. The van der Waals surface area contributed by atoms with Crippen molar-refractivity contribution in [2.45, 2.75) is 14.8 Å². The van der Waals surface area contributed by atoms with E-state index in [4.69, 9.17) is 9.47 Å². The van der Waals surface area contributed by atoms with E-state index in [1.54, 1.807) is 7.11 Å². The molecule has 0 spiro atoms. The van der Waals surface area contributed by atoms with Crippen molar-refractivity contribution >= 4 is 22.0 Å². The molecule has 0 amide bonds. The van der Waals surface area contributed by atoms with Crippen molar-refractivity contribution < 1.29 is 9.47 Å². The Bertz CT molecular complexity index is 279. The van der Waals surface area contributed by atoms with E-state index in [9.17, 15) is 0 Å². The zero-order chi connectivity index (χ0) is 10.6. The molecule has 0 saturated carbocycles. The topological polar surface area (TPSA) is 31.4 Å². The maximum atomic E-state index is 5.21. The van der Waals surface area contributed by atoms with E-state index < -0.39 is 18.4 Å². The van der Waals surface area contributed by atoms with Gasteiger partial charge in [-0.1, -0.05) is 0 Å². The van der Waals surface area contributed by atoms with Crippen LogP contribution in [0.5, 0.6) is 5.88 Å². The van der Waals surface area contributed by atoms with Gasteiger partial charge in [-0.05, 0) is 0 Å². The van der Waals surface area contributed by atoms with E-state index >= 15 is 0 Å². The summed E-state index contributed by atoms with van der Waals surface area (Å²) in [6, 6.07) is 4.03. The van der Waals surface area contributed by atoms with Crippen molar-refractivity contribution in [3.8, 4) is 5.88 Å². The van der Waals surface area contributed by atoms with Gasteiger partial charge in [-0.25, -0.2) is 0 Å². The molecule has 14 heavy (non-hydrogen) atoms. The molecule has 0 fully saturated rings. The molecule has 1 aromatic rings. The summed E-state index contributed by atoms with van der Waals surface area (Å²) in [6.07, 6.45) is 1.93. The molecule has 1 aromatic heterocycles. The van der Waals surface area contributed by atoms with Crippen LogP contribution in [-0.2, 0) is 4.74 Å². The standard InChI is InChI=1S/C7H8NO2.3CH3.Sn/c1-9-6-10-7-4-2-3-5-8-7;;;;/h2,4-5H,6H2,1H3;3*1H3;. The van der Waals surface area contributed by atoms with Crippen molar-refractivity contribution in [3.63, 3.8) is 0 Å². The molecule has 1 heterocycles. The third-order valence-electron chi connectivity index (χ3n) is 1.93. The Balaban J connectivity index is 2.69. The predicted molar refractivity (Wildman–Crippen MR) is 59.7 cm³/mol. The Morgan fingerprint density at radius 1 is 1.29 bits per heavy atom. The van der Waals surface area contributed by atoms with Gasteiger partial charge >= 0.3 is 89.3 Å². The van der Waals surface area contributed by atoms with E-state index in [0.29, 0.717) is 5.88 Å². The van der Waals surface area contributed by atoms with Crippen molar-refractivity contribution in [2.75, 3.05) is 13.9 Å². The van der Waals surface area contributed by atoms with E-state index in [1.807, 2.05) is 12.3 Å². The van der Waals surface area contributed by atoms with Crippen LogP contribution in [0.15, 0.2) is 18.3 Å². The molecule has 0 radical (unpaired) electrons. The fourth-order valence-electron chi connectivity index (χ4n) is 1.03. The summed E-state index contributed by atoms with van der Waals surface area (Å²) in [5.74, 6) is 0.631.